The third kappa shape index (κ3) is 4.82. The third-order valence-corrected chi connectivity index (χ3v) is 9.37. The molecule has 1 spiro atoms. The molecule has 4 aromatic rings. The molecule has 0 unspecified atom stereocenters. The first kappa shape index (κ1) is 30.5. The van der Waals surface area contributed by atoms with Gasteiger partial charge in [-0.2, -0.15) is 0 Å². The zero-order valence-electron chi connectivity index (χ0n) is 25.4. The number of anilines is 1. The Morgan fingerprint density at radius 1 is 0.896 bits per heavy atom. The quantitative estimate of drug-likeness (QED) is 0.162. The molecule has 3 amide bonds. The standard InChI is InChI=1S/C37H30N4O7/c38-36(47)39-19-7-8-21-13-18-27-26(20-21)37(35(46)40-27)28(33(43)44)30-34(45)48-31(23-11-5-2-6-12-23)29(22-9-3-1-4-10-22)41(30)32(37)24-14-16-25(42)17-15-24/h1-6,9-18,20,28-32,42H,19H2,(H,40,46)(H,43,44)(H3,38,39,47)/t28-,29-,30-,31+,32+,37-/m0/s1. The number of morpholine rings is 1. The number of carboxylic acid groups (broad SMARTS) is 1. The van der Waals surface area contributed by atoms with Crippen molar-refractivity contribution in [3.8, 4) is 17.6 Å². The van der Waals surface area contributed by atoms with Gasteiger partial charge in [-0.3, -0.25) is 19.3 Å². The lowest BCUT2D eigenvalue weighted by Gasteiger charge is -2.46. The average Bonchev–Trinajstić information content (AvgIpc) is 3.56. The first-order valence-corrected chi connectivity index (χ1v) is 15.3. The number of hydrogen-bond acceptors (Lipinski definition) is 7. The molecule has 11 heteroatoms. The Morgan fingerprint density at radius 2 is 1.56 bits per heavy atom. The van der Waals surface area contributed by atoms with Crippen LogP contribution in [0.4, 0.5) is 10.5 Å². The summed E-state index contributed by atoms with van der Waals surface area (Å²) in [6.07, 6.45) is -0.847. The second-order valence-electron chi connectivity index (χ2n) is 11.9. The Morgan fingerprint density at radius 3 is 2.21 bits per heavy atom. The van der Waals surface area contributed by atoms with Crippen LogP contribution in [0.1, 0.15) is 46.0 Å². The normalized spacial score (nSPS) is 25.6. The number of ether oxygens (including phenoxy) is 1. The highest BCUT2D eigenvalue weighted by molar-refractivity contribution is 6.11. The Kier molecular flexibility index (Phi) is 7.58. The molecule has 6 N–H and O–H groups in total. The fraction of sp³-hybridized carbons (Fsp3) is 0.189. The number of nitrogens with one attached hydrogen (secondary N) is 2. The second kappa shape index (κ2) is 11.9. The predicted molar refractivity (Wildman–Crippen MR) is 173 cm³/mol. The fourth-order valence-corrected chi connectivity index (χ4v) is 7.58. The lowest BCUT2D eigenvalue weighted by atomic mass is 9.65. The van der Waals surface area contributed by atoms with E-state index < -0.39 is 59.4 Å². The van der Waals surface area contributed by atoms with Crippen LogP contribution in [0.5, 0.6) is 5.75 Å². The van der Waals surface area contributed by atoms with E-state index in [4.69, 9.17) is 10.5 Å². The monoisotopic (exact) mass is 642 g/mol. The summed E-state index contributed by atoms with van der Waals surface area (Å²) >= 11 is 0. The van der Waals surface area contributed by atoms with E-state index in [9.17, 15) is 29.4 Å². The highest BCUT2D eigenvalue weighted by atomic mass is 16.6. The topological polar surface area (TPSA) is 171 Å². The maximum absolute atomic E-state index is 14.6. The minimum atomic E-state index is -1.84. The van der Waals surface area contributed by atoms with Gasteiger partial charge in [0.2, 0.25) is 5.91 Å². The molecule has 6 atom stereocenters. The fourth-order valence-electron chi connectivity index (χ4n) is 7.58. The van der Waals surface area contributed by atoms with E-state index in [0.717, 1.165) is 5.56 Å². The molecule has 3 aliphatic heterocycles. The van der Waals surface area contributed by atoms with Gasteiger partial charge in [0.05, 0.1) is 18.6 Å². The number of aliphatic carboxylic acids is 1. The van der Waals surface area contributed by atoms with Crippen LogP contribution in [0.25, 0.3) is 0 Å². The van der Waals surface area contributed by atoms with Crippen molar-refractivity contribution in [1.82, 2.24) is 10.2 Å². The third-order valence-electron chi connectivity index (χ3n) is 9.37. The number of fused-ring (bicyclic) bond motifs is 3. The van der Waals surface area contributed by atoms with E-state index in [0.29, 0.717) is 27.9 Å². The minimum Gasteiger partial charge on any atom is -0.508 e. The zero-order valence-corrected chi connectivity index (χ0v) is 25.4. The summed E-state index contributed by atoms with van der Waals surface area (Å²) in [6, 6.07) is 26.0. The molecule has 11 nitrogen and oxygen atoms in total. The first-order chi connectivity index (χ1) is 23.2. The van der Waals surface area contributed by atoms with E-state index in [-0.39, 0.29) is 12.3 Å². The number of hydrogen-bond donors (Lipinski definition) is 5. The number of amides is 3. The summed E-state index contributed by atoms with van der Waals surface area (Å²) in [6.45, 7) is -0.0239. The molecular formula is C37H30N4O7. The van der Waals surface area contributed by atoms with E-state index in [1.54, 1.807) is 30.3 Å². The van der Waals surface area contributed by atoms with Gasteiger partial charge in [-0.25, -0.2) is 4.79 Å². The molecule has 3 heterocycles. The van der Waals surface area contributed by atoms with Gasteiger partial charge in [0, 0.05) is 11.3 Å². The van der Waals surface area contributed by atoms with Gasteiger partial charge in [0.25, 0.3) is 0 Å². The van der Waals surface area contributed by atoms with Crippen molar-refractivity contribution >= 4 is 29.6 Å². The molecular weight excluding hydrogens is 612 g/mol. The first-order valence-electron chi connectivity index (χ1n) is 15.3. The molecule has 0 radical (unpaired) electrons. The van der Waals surface area contributed by atoms with Crippen LogP contribution in [0.15, 0.2) is 103 Å². The molecule has 240 valence electrons. The molecule has 2 fully saturated rings. The molecule has 0 saturated carbocycles. The largest absolute Gasteiger partial charge is 0.508 e. The van der Waals surface area contributed by atoms with Crippen LogP contribution < -0.4 is 16.4 Å². The Hall–Kier alpha value is -6.12. The van der Waals surface area contributed by atoms with Gasteiger partial charge in [0.1, 0.15) is 29.2 Å². The lowest BCUT2D eigenvalue weighted by Crippen LogP contribution is -2.52. The second-order valence-corrected chi connectivity index (χ2v) is 11.9. The number of phenolic OH excluding ortho intramolecular Hbond substituents is 1. The number of carboxylic acids is 1. The van der Waals surface area contributed by atoms with Crippen LogP contribution in [-0.2, 0) is 24.5 Å². The number of nitrogens with two attached hydrogens (primary N) is 1. The number of rotatable bonds is 5. The van der Waals surface area contributed by atoms with Crippen LogP contribution in [0, 0.1) is 17.8 Å². The van der Waals surface area contributed by atoms with E-state index in [1.807, 2.05) is 65.6 Å². The number of primary amides is 1. The number of phenols is 1. The predicted octanol–water partition coefficient (Wildman–Crippen LogP) is 3.77. The molecule has 0 aliphatic carbocycles. The van der Waals surface area contributed by atoms with Gasteiger partial charge in [0.15, 0.2) is 0 Å². The number of aromatic hydroxyl groups is 1. The Bertz CT molecular complexity index is 1990. The molecule has 0 aromatic heterocycles. The van der Waals surface area contributed by atoms with E-state index in [1.165, 1.54) is 12.1 Å². The van der Waals surface area contributed by atoms with Gasteiger partial charge in [-0.1, -0.05) is 84.6 Å². The van der Waals surface area contributed by atoms with Crippen LogP contribution >= 0.6 is 0 Å². The Labute approximate surface area is 275 Å². The van der Waals surface area contributed by atoms with Gasteiger partial charge in [-0.05, 0) is 52.6 Å². The van der Waals surface area contributed by atoms with Gasteiger partial charge >= 0.3 is 18.0 Å². The number of urea groups is 1. The summed E-state index contributed by atoms with van der Waals surface area (Å²) < 4.78 is 6.19. The highest BCUT2D eigenvalue weighted by Gasteiger charge is 2.74. The molecule has 7 rings (SSSR count). The summed E-state index contributed by atoms with van der Waals surface area (Å²) in [5.74, 6) is 1.45. The summed E-state index contributed by atoms with van der Waals surface area (Å²) in [5, 5.41) is 26.6. The molecule has 0 bridgehead atoms. The van der Waals surface area contributed by atoms with Crippen molar-refractivity contribution in [2.24, 2.45) is 11.7 Å². The number of carbonyl (C=O) groups is 4. The average molecular weight is 643 g/mol. The number of cyclic esters (lactones) is 1. The van der Waals surface area contributed by atoms with E-state index >= 15 is 0 Å². The summed E-state index contributed by atoms with van der Waals surface area (Å²) in [4.78, 5) is 55.4. The highest BCUT2D eigenvalue weighted by Crippen LogP contribution is 2.64. The molecule has 3 aliphatic rings. The van der Waals surface area contributed by atoms with Gasteiger partial charge < -0.3 is 31.3 Å². The number of carbonyl (C=O) groups excluding carboxylic acids is 3. The van der Waals surface area contributed by atoms with Crippen LogP contribution in [-0.4, -0.2) is 51.6 Å². The summed E-state index contributed by atoms with van der Waals surface area (Å²) in [5.41, 5.74) is 6.50. The number of benzene rings is 4. The minimum absolute atomic E-state index is 0.0182. The van der Waals surface area contributed by atoms with Crippen molar-refractivity contribution < 1.29 is 34.1 Å². The van der Waals surface area contributed by atoms with Crippen LogP contribution in [0.3, 0.4) is 0 Å². The molecule has 4 aromatic carbocycles. The molecule has 2 saturated heterocycles. The van der Waals surface area contributed by atoms with Crippen molar-refractivity contribution in [2.45, 2.75) is 29.6 Å². The number of esters is 1. The Balaban J connectivity index is 1.51. The van der Waals surface area contributed by atoms with Crippen molar-refractivity contribution in [3.63, 3.8) is 0 Å². The van der Waals surface area contributed by atoms with Crippen molar-refractivity contribution in [2.75, 3.05) is 11.9 Å². The van der Waals surface area contributed by atoms with Crippen molar-refractivity contribution in [3.05, 3.63) is 131 Å². The maximum atomic E-state index is 14.6. The van der Waals surface area contributed by atoms with Crippen molar-refractivity contribution in [1.29, 1.82) is 0 Å². The van der Waals surface area contributed by atoms with E-state index in [2.05, 4.69) is 22.5 Å². The maximum Gasteiger partial charge on any atom is 0.325 e. The van der Waals surface area contributed by atoms with Crippen LogP contribution in [0.2, 0.25) is 0 Å². The van der Waals surface area contributed by atoms with Gasteiger partial charge in [-0.15, -0.1) is 0 Å². The molecule has 48 heavy (non-hydrogen) atoms. The zero-order chi connectivity index (χ0) is 33.6. The smallest absolute Gasteiger partial charge is 0.325 e. The number of nitrogens with zero attached hydrogens (tertiary/aromatic N) is 1. The lowest BCUT2D eigenvalue weighted by molar-refractivity contribution is -0.179. The SMILES string of the molecule is NC(=O)NCC#Cc1ccc2c(c1)[C@]1(C(=O)N2)[C@H](C(=O)O)[C@H]2C(=O)O[C@H](c3ccccc3)[C@H](c3ccccc3)N2[C@@H]1c1ccc(O)cc1. The summed E-state index contributed by atoms with van der Waals surface area (Å²) in [7, 11) is 0.